The topological polar surface area (TPSA) is 77.0 Å². The van der Waals surface area contributed by atoms with E-state index in [1.165, 1.54) is 0 Å². The second-order valence-corrected chi connectivity index (χ2v) is 4.74. The molecule has 0 amide bonds. The fourth-order valence-electron chi connectivity index (χ4n) is 2.08. The van der Waals surface area contributed by atoms with Gasteiger partial charge < -0.3 is 9.63 Å². The Morgan fingerprint density at radius 2 is 2.05 bits per heavy atom. The zero-order valence-corrected chi connectivity index (χ0v) is 11.7. The zero-order chi connectivity index (χ0) is 14.7. The van der Waals surface area contributed by atoms with E-state index in [9.17, 15) is 5.11 Å². The number of hydrogen-bond donors (Lipinski definition) is 1. The van der Waals surface area contributed by atoms with Gasteiger partial charge in [0.25, 0.3) is 0 Å². The van der Waals surface area contributed by atoms with Crippen LogP contribution in [0.5, 0.6) is 0 Å². The van der Waals surface area contributed by atoms with Crippen LogP contribution in [0.25, 0.3) is 0 Å². The van der Waals surface area contributed by atoms with Crippen molar-refractivity contribution in [1.82, 2.24) is 19.9 Å². The molecule has 0 aliphatic heterocycles. The molecule has 2 heterocycles. The van der Waals surface area contributed by atoms with Crippen LogP contribution >= 0.6 is 0 Å². The first kappa shape index (κ1) is 13.5. The largest absolute Gasteiger partial charge is 0.384 e. The minimum Gasteiger partial charge on any atom is -0.384 e. The van der Waals surface area contributed by atoms with Gasteiger partial charge in [0.1, 0.15) is 12.6 Å². The Labute approximate surface area is 122 Å². The average molecular weight is 284 g/mol. The van der Waals surface area contributed by atoms with E-state index in [4.69, 9.17) is 4.52 Å². The highest BCUT2D eigenvalue weighted by Crippen LogP contribution is 2.20. The molecule has 0 unspecified atom stereocenters. The molecule has 3 aromatic rings. The molecule has 1 N–H and O–H groups in total. The molecule has 0 aliphatic rings. The maximum absolute atomic E-state index is 10.3. The lowest BCUT2D eigenvalue weighted by Gasteiger charge is -2.07. The van der Waals surface area contributed by atoms with Crippen molar-refractivity contribution in [2.45, 2.75) is 26.0 Å². The van der Waals surface area contributed by atoms with Crippen molar-refractivity contribution in [3.8, 4) is 0 Å². The van der Waals surface area contributed by atoms with Gasteiger partial charge in [-0.2, -0.15) is 10.1 Å². The standard InChI is InChI=1S/C15H16N4O2/c1-2-14-17-13(18-21-14)10-19-9-12(8-16-19)15(20)11-6-4-3-5-7-11/h3-9,15,20H,2,10H2,1H3/t15-/m1/s1. The number of benzene rings is 1. The van der Waals surface area contributed by atoms with Gasteiger partial charge >= 0.3 is 0 Å². The monoisotopic (exact) mass is 284 g/mol. The van der Waals surface area contributed by atoms with Gasteiger partial charge in [-0.25, -0.2) is 0 Å². The molecule has 0 radical (unpaired) electrons. The normalized spacial score (nSPS) is 12.5. The van der Waals surface area contributed by atoms with Crippen molar-refractivity contribution in [2.24, 2.45) is 0 Å². The van der Waals surface area contributed by atoms with Gasteiger partial charge in [-0.1, -0.05) is 42.4 Å². The Morgan fingerprint density at radius 3 is 2.76 bits per heavy atom. The minimum atomic E-state index is -0.684. The van der Waals surface area contributed by atoms with Crippen molar-refractivity contribution in [3.05, 3.63) is 65.6 Å². The van der Waals surface area contributed by atoms with E-state index in [1.807, 2.05) is 37.3 Å². The third-order valence-electron chi connectivity index (χ3n) is 3.20. The molecule has 6 heteroatoms. The van der Waals surface area contributed by atoms with Crippen LogP contribution in [0.15, 0.2) is 47.2 Å². The highest BCUT2D eigenvalue weighted by atomic mass is 16.5. The summed E-state index contributed by atoms with van der Waals surface area (Å²) in [6.07, 6.45) is 3.47. The van der Waals surface area contributed by atoms with Crippen LogP contribution in [0.2, 0.25) is 0 Å². The number of aryl methyl sites for hydroxylation is 1. The maximum Gasteiger partial charge on any atom is 0.226 e. The van der Waals surface area contributed by atoms with Crippen LogP contribution < -0.4 is 0 Å². The van der Waals surface area contributed by atoms with Crippen LogP contribution in [0.4, 0.5) is 0 Å². The third kappa shape index (κ3) is 3.00. The fraction of sp³-hybridized carbons (Fsp3) is 0.267. The second kappa shape index (κ2) is 5.88. The minimum absolute atomic E-state index is 0.422. The van der Waals surface area contributed by atoms with Crippen molar-refractivity contribution in [3.63, 3.8) is 0 Å². The Bertz CT molecular complexity index is 705. The lowest BCUT2D eigenvalue weighted by atomic mass is 10.1. The molecule has 108 valence electrons. The molecule has 0 spiro atoms. The van der Waals surface area contributed by atoms with Gasteiger partial charge in [0.15, 0.2) is 5.82 Å². The number of rotatable bonds is 5. The second-order valence-electron chi connectivity index (χ2n) is 4.74. The highest BCUT2D eigenvalue weighted by molar-refractivity contribution is 5.26. The Hall–Kier alpha value is -2.47. The summed E-state index contributed by atoms with van der Waals surface area (Å²) in [7, 11) is 0. The SMILES string of the molecule is CCc1nc(Cn2cc([C@H](O)c3ccccc3)cn2)no1. The molecular formula is C15H16N4O2. The summed E-state index contributed by atoms with van der Waals surface area (Å²) in [4.78, 5) is 4.24. The molecule has 0 saturated heterocycles. The predicted molar refractivity (Wildman–Crippen MR) is 75.5 cm³/mol. The van der Waals surface area contributed by atoms with Gasteiger partial charge in [0.2, 0.25) is 5.89 Å². The molecule has 2 aromatic heterocycles. The van der Waals surface area contributed by atoms with Gasteiger partial charge in [0.05, 0.1) is 6.20 Å². The lowest BCUT2D eigenvalue weighted by Crippen LogP contribution is -2.02. The van der Waals surface area contributed by atoms with Crippen LogP contribution in [0.3, 0.4) is 0 Å². The van der Waals surface area contributed by atoms with E-state index in [0.717, 1.165) is 11.1 Å². The van der Waals surface area contributed by atoms with Crippen LogP contribution in [0.1, 0.15) is 35.9 Å². The summed E-state index contributed by atoms with van der Waals surface area (Å²) in [5.41, 5.74) is 1.57. The van der Waals surface area contributed by atoms with Crippen LogP contribution in [0, 0.1) is 0 Å². The molecule has 0 aliphatic carbocycles. The Morgan fingerprint density at radius 1 is 1.24 bits per heavy atom. The van der Waals surface area contributed by atoms with Gasteiger partial charge in [-0.05, 0) is 5.56 Å². The molecule has 0 saturated carbocycles. The van der Waals surface area contributed by atoms with Crippen LogP contribution in [-0.4, -0.2) is 25.0 Å². The number of aliphatic hydroxyl groups excluding tert-OH is 1. The lowest BCUT2D eigenvalue weighted by molar-refractivity contribution is 0.220. The van der Waals surface area contributed by atoms with E-state index >= 15 is 0 Å². The summed E-state index contributed by atoms with van der Waals surface area (Å²) < 4.78 is 6.74. The van der Waals surface area contributed by atoms with E-state index < -0.39 is 6.10 Å². The Balaban J connectivity index is 1.74. The van der Waals surface area contributed by atoms with E-state index in [1.54, 1.807) is 17.1 Å². The molecule has 0 fully saturated rings. The quantitative estimate of drug-likeness (QED) is 0.775. The summed E-state index contributed by atoms with van der Waals surface area (Å²) >= 11 is 0. The first-order valence-electron chi connectivity index (χ1n) is 6.83. The zero-order valence-electron chi connectivity index (χ0n) is 11.7. The van der Waals surface area contributed by atoms with E-state index in [0.29, 0.717) is 24.7 Å². The molecular weight excluding hydrogens is 268 g/mol. The molecule has 6 nitrogen and oxygen atoms in total. The first-order valence-corrected chi connectivity index (χ1v) is 6.83. The van der Waals surface area contributed by atoms with Gasteiger partial charge in [-0.15, -0.1) is 0 Å². The number of hydrogen-bond acceptors (Lipinski definition) is 5. The summed E-state index contributed by atoms with van der Waals surface area (Å²) in [6.45, 7) is 2.38. The van der Waals surface area contributed by atoms with Crippen molar-refractivity contribution in [1.29, 1.82) is 0 Å². The van der Waals surface area contributed by atoms with Crippen LogP contribution in [-0.2, 0) is 13.0 Å². The highest BCUT2D eigenvalue weighted by Gasteiger charge is 2.13. The van der Waals surface area contributed by atoms with Crippen molar-refractivity contribution in [2.75, 3.05) is 0 Å². The van der Waals surface area contributed by atoms with Crippen molar-refractivity contribution >= 4 is 0 Å². The van der Waals surface area contributed by atoms with E-state index in [2.05, 4.69) is 15.2 Å². The molecule has 1 atom stereocenters. The van der Waals surface area contributed by atoms with Crippen molar-refractivity contribution < 1.29 is 9.63 Å². The maximum atomic E-state index is 10.3. The van der Waals surface area contributed by atoms with Gasteiger partial charge in [-0.3, -0.25) is 4.68 Å². The first-order chi connectivity index (χ1) is 10.3. The molecule has 1 aromatic carbocycles. The number of aliphatic hydroxyl groups is 1. The molecule has 21 heavy (non-hydrogen) atoms. The average Bonchev–Trinajstić information content (AvgIpc) is 3.17. The fourth-order valence-corrected chi connectivity index (χ4v) is 2.08. The smallest absolute Gasteiger partial charge is 0.226 e. The predicted octanol–water partition coefficient (Wildman–Crippen LogP) is 1.96. The molecule has 3 rings (SSSR count). The third-order valence-corrected chi connectivity index (χ3v) is 3.20. The summed E-state index contributed by atoms with van der Waals surface area (Å²) in [5.74, 6) is 1.19. The summed E-state index contributed by atoms with van der Waals surface area (Å²) in [5, 5.41) is 18.4. The van der Waals surface area contributed by atoms with Gasteiger partial charge in [0, 0.05) is 18.2 Å². The Kier molecular flexibility index (Phi) is 3.79. The molecule has 0 bridgehead atoms. The summed E-state index contributed by atoms with van der Waals surface area (Å²) in [6, 6.07) is 9.48. The number of aromatic nitrogens is 4. The number of nitrogens with zero attached hydrogens (tertiary/aromatic N) is 4. The van der Waals surface area contributed by atoms with E-state index in [-0.39, 0.29) is 0 Å².